The van der Waals surface area contributed by atoms with E-state index in [1.165, 1.54) is 54.8 Å². The molecule has 4 aromatic rings. The van der Waals surface area contributed by atoms with Crippen molar-refractivity contribution in [3.05, 3.63) is 129 Å². The predicted molar refractivity (Wildman–Crippen MR) is 143 cm³/mol. The maximum atomic E-state index is 13.3. The van der Waals surface area contributed by atoms with E-state index in [1.807, 2.05) is 0 Å². The van der Waals surface area contributed by atoms with Crippen molar-refractivity contribution in [3.8, 4) is 5.75 Å². The Morgan fingerprint density at radius 1 is 0.881 bits per heavy atom. The number of imide groups is 1. The average molecular weight is 568 g/mol. The molecule has 210 valence electrons. The highest BCUT2D eigenvalue weighted by molar-refractivity contribution is 6.24. The number of nitro benzene ring substituents is 1. The first kappa shape index (κ1) is 27.6. The SMILES string of the molecule is O=C(COC(=O)C(Cc1ccccc1)N1C(=O)c2cccc([N+](=O)[O-])c2C1=O)c1ccc(OC(=O)c2ccco2)cc1. The molecule has 1 atom stereocenters. The van der Waals surface area contributed by atoms with Crippen LogP contribution in [0.4, 0.5) is 5.69 Å². The summed E-state index contributed by atoms with van der Waals surface area (Å²) in [5.41, 5.74) is -0.465. The van der Waals surface area contributed by atoms with Gasteiger partial charge in [0.1, 0.15) is 17.4 Å². The van der Waals surface area contributed by atoms with E-state index in [0.29, 0.717) is 10.5 Å². The van der Waals surface area contributed by atoms with Gasteiger partial charge in [-0.2, -0.15) is 0 Å². The number of carbonyl (C=O) groups excluding carboxylic acids is 5. The molecule has 0 saturated heterocycles. The summed E-state index contributed by atoms with van der Waals surface area (Å²) in [7, 11) is 0. The van der Waals surface area contributed by atoms with Crippen LogP contribution in [0.3, 0.4) is 0 Å². The fourth-order valence-electron chi connectivity index (χ4n) is 4.42. The highest BCUT2D eigenvalue weighted by Gasteiger charge is 2.47. The predicted octanol–water partition coefficient (Wildman–Crippen LogP) is 4.04. The number of nitrogens with zero attached hydrogens (tertiary/aromatic N) is 2. The summed E-state index contributed by atoms with van der Waals surface area (Å²) < 4.78 is 15.4. The Hall–Kier alpha value is -5.91. The Kier molecular flexibility index (Phi) is 7.69. The lowest BCUT2D eigenvalue weighted by Crippen LogP contribution is -2.47. The number of benzene rings is 3. The molecule has 1 aliphatic rings. The summed E-state index contributed by atoms with van der Waals surface area (Å²) in [6, 6.07) is 19.1. The Morgan fingerprint density at radius 2 is 1.62 bits per heavy atom. The number of rotatable bonds is 10. The fraction of sp³-hybridized carbons (Fsp3) is 0.100. The lowest BCUT2D eigenvalue weighted by molar-refractivity contribution is -0.385. The third kappa shape index (κ3) is 5.54. The largest absolute Gasteiger partial charge is 0.457 e. The molecular formula is C30H20N2O10. The van der Waals surface area contributed by atoms with Gasteiger partial charge < -0.3 is 13.9 Å². The van der Waals surface area contributed by atoms with Crippen molar-refractivity contribution in [2.24, 2.45) is 0 Å². The van der Waals surface area contributed by atoms with Crippen molar-refractivity contribution in [2.45, 2.75) is 12.5 Å². The summed E-state index contributed by atoms with van der Waals surface area (Å²) in [5, 5.41) is 11.5. The summed E-state index contributed by atoms with van der Waals surface area (Å²) in [5.74, 6) is -4.13. The molecule has 1 unspecified atom stereocenters. The number of esters is 2. The van der Waals surface area contributed by atoms with Gasteiger partial charge >= 0.3 is 11.9 Å². The van der Waals surface area contributed by atoms with E-state index in [1.54, 1.807) is 30.3 Å². The molecule has 0 saturated carbocycles. The maximum absolute atomic E-state index is 13.3. The van der Waals surface area contributed by atoms with Gasteiger partial charge in [0.05, 0.1) is 16.7 Å². The second-order valence-corrected chi connectivity index (χ2v) is 9.06. The van der Waals surface area contributed by atoms with E-state index in [0.717, 1.165) is 6.07 Å². The molecule has 0 fully saturated rings. The number of hydrogen-bond acceptors (Lipinski definition) is 10. The zero-order valence-corrected chi connectivity index (χ0v) is 21.6. The molecule has 1 aliphatic heterocycles. The zero-order chi connectivity index (χ0) is 29.8. The molecule has 0 spiro atoms. The quantitative estimate of drug-likeness (QED) is 0.0681. The smallest absolute Gasteiger partial charge is 0.379 e. The summed E-state index contributed by atoms with van der Waals surface area (Å²) in [6.07, 6.45) is 1.17. The highest BCUT2D eigenvalue weighted by Crippen LogP contribution is 2.33. The third-order valence-corrected chi connectivity index (χ3v) is 6.43. The maximum Gasteiger partial charge on any atom is 0.379 e. The Labute approximate surface area is 237 Å². The first-order valence-electron chi connectivity index (χ1n) is 12.5. The van der Waals surface area contributed by atoms with E-state index >= 15 is 0 Å². The lowest BCUT2D eigenvalue weighted by Gasteiger charge is -2.24. The van der Waals surface area contributed by atoms with E-state index in [-0.39, 0.29) is 29.1 Å². The minimum absolute atomic E-state index is 0.000195. The number of fused-ring (bicyclic) bond motifs is 1. The minimum atomic E-state index is -1.50. The topological polar surface area (TPSA) is 163 Å². The number of amides is 2. The van der Waals surface area contributed by atoms with Gasteiger partial charge in [0.15, 0.2) is 12.4 Å². The van der Waals surface area contributed by atoms with Crippen LogP contribution in [-0.4, -0.2) is 52.0 Å². The van der Waals surface area contributed by atoms with Gasteiger partial charge in [-0.3, -0.25) is 29.4 Å². The van der Waals surface area contributed by atoms with Gasteiger partial charge in [-0.05, 0) is 48.0 Å². The third-order valence-electron chi connectivity index (χ3n) is 6.43. The van der Waals surface area contributed by atoms with E-state index in [2.05, 4.69) is 0 Å². The number of ketones is 1. The van der Waals surface area contributed by atoms with Crippen molar-refractivity contribution in [3.63, 3.8) is 0 Å². The number of carbonyl (C=O) groups is 5. The number of furan rings is 1. The average Bonchev–Trinajstić information content (AvgIpc) is 3.63. The van der Waals surface area contributed by atoms with Crippen LogP contribution in [-0.2, 0) is 16.0 Å². The minimum Gasteiger partial charge on any atom is -0.457 e. The standard InChI is InChI=1S/C30H20N2O10/c33-24(19-11-13-20(14-12-19)42-30(37)25-10-5-15-40-25)17-41-29(36)23(16-18-6-2-1-3-7-18)31-27(34)21-8-4-9-22(32(38)39)26(21)28(31)35/h1-15,23H,16-17H2. The molecule has 12 nitrogen and oxygen atoms in total. The highest BCUT2D eigenvalue weighted by atomic mass is 16.6. The summed E-state index contributed by atoms with van der Waals surface area (Å²) in [4.78, 5) is 76.0. The normalized spacial score (nSPS) is 12.9. The Morgan fingerprint density at radius 3 is 2.29 bits per heavy atom. The summed E-state index contributed by atoms with van der Waals surface area (Å²) >= 11 is 0. The van der Waals surface area contributed by atoms with E-state index in [4.69, 9.17) is 13.9 Å². The van der Waals surface area contributed by atoms with Gasteiger partial charge in [0.2, 0.25) is 5.76 Å². The van der Waals surface area contributed by atoms with Crippen LogP contribution >= 0.6 is 0 Å². The Balaban J connectivity index is 1.31. The van der Waals surface area contributed by atoms with Crippen LogP contribution in [0.15, 0.2) is 95.6 Å². The van der Waals surface area contributed by atoms with Gasteiger partial charge in [-0.25, -0.2) is 9.59 Å². The molecule has 5 rings (SSSR count). The first-order chi connectivity index (χ1) is 20.2. The molecule has 2 heterocycles. The summed E-state index contributed by atoms with van der Waals surface area (Å²) in [6.45, 7) is -0.723. The van der Waals surface area contributed by atoms with Crippen LogP contribution in [0.1, 0.15) is 47.2 Å². The second kappa shape index (κ2) is 11.7. The van der Waals surface area contributed by atoms with Crippen LogP contribution in [0.25, 0.3) is 0 Å². The van der Waals surface area contributed by atoms with E-state index in [9.17, 15) is 34.1 Å². The number of nitro groups is 1. The molecule has 3 aromatic carbocycles. The molecular weight excluding hydrogens is 548 g/mol. The molecule has 2 amide bonds. The molecule has 0 aliphatic carbocycles. The molecule has 0 radical (unpaired) electrons. The molecule has 12 heteroatoms. The van der Waals surface area contributed by atoms with Crippen LogP contribution in [0, 0.1) is 10.1 Å². The van der Waals surface area contributed by atoms with Crippen molar-refractivity contribution in [2.75, 3.05) is 6.61 Å². The molecule has 42 heavy (non-hydrogen) atoms. The van der Waals surface area contributed by atoms with Crippen LogP contribution in [0.2, 0.25) is 0 Å². The van der Waals surface area contributed by atoms with Crippen molar-refractivity contribution < 1.29 is 42.8 Å². The molecule has 1 aromatic heterocycles. The van der Waals surface area contributed by atoms with Gasteiger partial charge in [0, 0.05) is 18.1 Å². The van der Waals surface area contributed by atoms with Crippen LogP contribution < -0.4 is 4.74 Å². The molecule has 0 N–H and O–H groups in total. The van der Waals surface area contributed by atoms with Gasteiger partial charge in [-0.1, -0.05) is 36.4 Å². The molecule has 0 bridgehead atoms. The number of hydrogen-bond donors (Lipinski definition) is 0. The van der Waals surface area contributed by atoms with Crippen molar-refractivity contribution in [1.29, 1.82) is 0 Å². The van der Waals surface area contributed by atoms with Crippen molar-refractivity contribution in [1.82, 2.24) is 4.90 Å². The first-order valence-corrected chi connectivity index (χ1v) is 12.5. The van der Waals surface area contributed by atoms with Crippen molar-refractivity contribution >= 4 is 35.2 Å². The monoisotopic (exact) mass is 568 g/mol. The number of ether oxygens (including phenoxy) is 2. The lowest BCUT2D eigenvalue weighted by atomic mass is 10.0. The van der Waals surface area contributed by atoms with Gasteiger partial charge in [-0.15, -0.1) is 0 Å². The van der Waals surface area contributed by atoms with Gasteiger partial charge in [0.25, 0.3) is 17.5 Å². The number of Topliss-reactive ketones (excluding diaryl/α,β-unsaturated/α-hetero) is 1. The second-order valence-electron chi connectivity index (χ2n) is 9.06. The van der Waals surface area contributed by atoms with Crippen LogP contribution in [0.5, 0.6) is 5.75 Å². The van der Waals surface area contributed by atoms with E-state index < -0.39 is 58.4 Å². The Bertz CT molecular complexity index is 1700. The fourth-order valence-corrected chi connectivity index (χ4v) is 4.42. The zero-order valence-electron chi connectivity index (χ0n) is 21.6.